The van der Waals surface area contributed by atoms with Gasteiger partial charge in [-0.3, -0.25) is 9.36 Å². The topological polar surface area (TPSA) is 34.9 Å². The summed E-state index contributed by atoms with van der Waals surface area (Å²) in [6.07, 6.45) is 0. The molecule has 0 atom stereocenters. The molecular weight excluding hydrogens is 244 g/mol. The fraction of sp³-hybridized carbons (Fsp3) is 0.429. The van der Waals surface area contributed by atoms with Crippen LogP contribution in [0.2, 0.25) is 0 Å². The number of nitrogens with zero attached hydrogens (tertiary/aromatic N) is 2. The van der Waals surface area contributed by atoms with Gasteiger partial charge in [0.2, 0.25) is 0 Å². The zero-order valence-electron chi connectivity index (χ0n) is 11.0. The van der Waals surface area contributed by atoms with E-state index in [1.807, 2.05) is 31.2 Å². The average Bonchev–Trinajstić information content (AvgIpc) is 2.36. The molecular formula is C14H18N2OS. The van der Waals surface area contributed by atoms with E-state index in [1.54, 1.807) is 16.3 Å². The second kappa shape index (κ2) is 5.57. The van der Waals surface area contributed by atoms with Crippen molar-refractivity contribution in [3.63, 3.8) is 0 Å². The molecule has 18 heavy (non-hydrogen) atoms. The van der Waals surface area contributed by atoms with E-state index in [9.17, 15) is 4.79 Å². The van der Waals surface area contributed by atoms with Gasteiger partial charge in [0.25, 0.3) is 5.56 Å². The first kappa shape index (κ1) is 13.1. The molecule has 0 saturated carbocycles. The fourth-order valence-electron chi connectivity index (χ4n) is 1.78. The number of benzene rings is 1. The first-order valence-corrected chi connectivity index (χ1v) is 7.24. The number of rotatable bonds is 4. The molecule has 0 N–H and O–H groups in total. The Morgan fingerprint density at radius 3 is 2.72 bits per heavy atom. The Morgan fingerprint density at radius 1 is 1.33 bits per heavy atom. The van der Waals surface area contributed by atoms with Crippen molar-refractivity contribution >= 4 is 22.7 Å². The van der Waals surface area contributed by atoms with Crippen LogP contribution in [0.1, 0.15) is 20.8 Å². The van der Waals surface area contributed by atoms with Crippen LogP contribution in [-0.4, -0.2) is 15.3 Å². The highest BCUT2D eigenvalue weighted by Crippen LogP contribution is 2.19. The van der Waals surface area contributed by atoms with E-state index in [2.05, 4.69) is 18.8 Å². The Hall–Kier alpha value is -1.29. The van der Waals surface area contributed by atoms with E-state index >= 15 is 0 Å². The van der Waals surface area contributed by atoms with E-state index in [-0.39, 0.29) is 5.56 Å². The maximum Gasteiger partial charge on any atom is 0.262 e. The van der Waals surface area contributed by atoms with Gasteiger partial charge in [-0.05, 0) is 25.0 Å². The molecule has 3 nitrogen and oxygen atoms in total. The van der Waals surface area contributed by atoms with Crippen molar-refractivity contribution in [3.05, 3.63) is 34.6 Å². The van der Waals surface area contributed by atoms with Crippen LogP contribution in [0, 0.1) is 5.92 Å². The molecule has 2 aromatic rings. The van der Waals surface area contributed by atoms with Crippen LogP contribution in [0.5, 0.6) is 0 Å². The van der Waals surface area contributed by atoms with Crippen molar-refractivity contribution in [2.24, 2.45) is 5.92 Å². The Kier molecular flexibility index (Phi) is 4.07. The largest absolute Gasteiger partial charge is 0.287 e. The second-order valence-electron chi connectivity index (χ2n) is 4.67. The lowest BCUT2D eigenvalue weighted by molar-refractivity contribution is 0.632. The number of hydrogen-bond acceptors (Lipinski definition) is 3. The van der Waals surface area contributed by atoms with Gasteiger partial charge in [-0.25, -0.2) is 4.98 Å². The van der Waals surface area contributed by atoms with Crippen LogP contribution in [0.15, 0.2) is 34.2 Å². The minimum Gasteiger partial charge on any atom is -0.287 e. The molecule has 0 spiro atoms. The summed E-state index contributed by atoms with van der Waals surface area (Å²) in [6.45, 7) is 6.99. The predicted molar refractivity (Wildman–Crippen MR) is 77.2 cm³/mol. The Labute approximate surface area is 111 Å². The average molecular weight is 262 g/mol. The summed E-state index contributed by atoms with van der Waals surface area (Å²) in [6, 6.07) is 7.54. The predicted octanol–water partition coefficient (Wildman–Crippen LogP) is 3.16. The van der Waals surface area contributed by atoms with Gasteiger partial charge in [-0.2, -0.15) is 0 Å². The zero-order valence-corrected chi connectivity index (χ0v) is 11.8. The van der Waals surface area contributed by atoms with E-state index in [0.717, 1.165) is 16.4 Å². The van der Waals surface area contributed by atoms with Crippen LogP contribution < -0.4 is 5.56 Å². The van der Waals surface area contributed by atoms with E-state index in [0.29, 0.717) is 17.8 Å². The lowest BCUT2D eigenvalue weighted by Crippen LogP contribution is -2.22. The molecule has 0 radical (unpaired) electrons. The van der Waals surface area contributed by atoms with Crippen molar-refractivity contribution in [1.29, 1.82) is 0 Å². The second-order valence-corrected chi connectivity index (χ2v) is 5.65. The standard InChI is InChI=1S/C14H18N2OS/c1-4-16-13(17)11-7-5-6-8-12(11)15-14(16)18-9-10(2)3/h5-8,10H,4,9H2,1-3H3. The third-order valence-corrected chi connectivity index (χ3v) is 4.09. The van der Waals surface area contributed by atoms with Gasteiger partial charge in [0.05, 0.1) is 10.9 Å². The van der Waals surface area contributed by atoms with Crippen molar-refractivity contribution < 1.29 is 0 Å². The molecule has 0 aliphatic rings. The first-order chi connectivity index (χ1) is 8.63. The lowest BCUT2D eigenvalue weighted by Gasteiger charge is -2.11. The maximum atomic E-state index is 12.3. The highest BCUT2D eigenvalue weighted by molar-refractivity contribution is 7.99. The number of hydrogen-bond donors (Lipinski definition) is 0. The third-order valence-electron chi connectivity index (χ3n) is 2.69. The zero-order chi connectivity index (χ0) is 13.1. The molecule has 0 amide bonds. The molecule has 1 heterocycles. The molecule has 0 saturated heterocycles. The SMILES string of the molecule is CCn1c(SCC(C)C)nc2ccccc2c1=O. The monoisotopic (exact) mass is 262 g/mol. The lowest BCUT2D eigenvalue weighted by atomic mass is 10.2. The molecule has 1 aromatic heterocycles. The molecule has 0 aliphatic heterocycles. The number of thioether (sulfide) groups is 1. The first-order valence-electron chi connectivity index (χ1n) is 6.25. The van der Waals surface area contributed by atoms with E-state index in [1.165, 1.54) is 0 Å². The molecule has 0 unspecified atom stereocenters. The number of aromatic nitrogens is 2. The molecule has 0 fully saturated rings. The van der Waals surface area contributed by atoms with Gasteiger partial charge in [0, 0.05) is 12.3 Å². The Bertz CT molecular complexity index is 604. The minimum absolute atomic E-state index is 0.0642. The van der Waals surface area contributed by atoms with Crippen LogP contribution in [0.4, 0.5) is 0 Å². The van der Waals surface area contributed by atoms with Crippen molar-refractivity contribution in [2.45, 2.75) is 32.5 Å². The third kappa shape index (κ3) is 2.58. The van der Waals surface area contributed by atoms with Crippen LogP contribution in [0.25, 0.3) is 10.9 Å². The molecule has 1 aromatic carbocycles. The number of para-hydroxylation sites is 1. The molecule has 0 aliphatic carbocycles. The van der Waals surface area contributed by atoms with E-state index < -0.39 is 0 Å². The normalized spacial score (nSPS) is 11.3. The Balaban J connectivity index is 2.54. The van der Waals surface area contributed by atoms with Gasteiger partial charge >= 0.3 is 0 Å². The number of fused-ring (bicyclic) bond motifs is 1. The molecule has 0 bridgehead atoms. The highest BCUT2D eigenvalue weighted by atomic mass is 32.2. The summed E-state index contributed by atoms with van der Waals surface area (Å²) >= 11 is 1.66. The van der Waals surface area contributed by atoms with Gasteiger partial charge in [-0.15, -0.1) is 0 Å². The summed E-state index contributed by atoms with van der Waals surface area (Å²) in [5.41, 5.74) is 0.854. The van der Waals surface area contributed by atoms with Crippen molar-refractivity contribution in [3.8, 4) is 0 Å². The smallest absolute Gasteiger partial charge is 0.262 e. The fourth-order valence-corrected chi connectivity index (χ4v) is 2.79. The van der Waals surface area contributed by atoms with Gasteiger partial charge < -0.3 is 0 Å². The summed E-state index contributed by atoms with van der Waals surface area (Å²) in [5.74, 6) is 1.56. The molecule has 2 rings (SSSR count). The molecule has 4 heteroatoms. The van der Waals surface area contributed by atoms with Crippen LogP contribution in [-0.2, 0) is 6.54 Å². The van der Waals surface area contributed by atoms with Crippen molar-refractivity contribution in [1.82, 2.24) is 9.55 Å². The minimum atomic E-state index is 0.0642. The van der Waals surface area contributed by atoms with Gasteiger partial charge in [0.1, 0.15) is 0 Å². The molecule has 96 valence electrons. The summed E-state index contributed by atoms with van der Waals surface area (Å²) < 4.78 is 1.76. The quantitative estimate of drug-likeness (QED) is 0.627. The van der Waals surface area contributed by atoms with E-state index in [4.69, 9.17) is 0 Å². The maximum absolute atomic E-state index is 12.3. The Morgan fingerprint density at radius 2 is 2.06 bits per heavy atom. The van der Waals surface area contributed by atoms with Crippen molar-refractivity contribution in [2.75, 3.05) is 5.75 Å². The van der Waals surface area contributed by atoms with Gasteiger partial charge in [0.15, 0.2) is 5.16 Å². The highest BCUT2D eigenvalue weighted by Gasteiger charge is 2.10. The summed E-state index contributed by atoms with van der Waals surface area (Å²) in [5, 5.41) is 1.53. The van der Waals surface area contributed by atoms with Crippen LogP contribution >= 0.6 is 11.8 Å². The summed E-state index contributed by atoms with van der Waals surface area (Å²) in [4.78, 5) is 16.9. The van der Waals surface area contributed by atoms with Gasteiger partial charge in [-0.1, -0.05) is 37.7 Å². The summed E-state index contributed by atoms with van der Waals surface area (Å²) in [7, 11) is 0. The van der Waals surface area contributed by atoms with Crippen LogP contribution in [0.3, 0.4) is 0 Å².